The van der Waals surface area contributed by atoms with Crippen LogP contribution in [0, 0.1) is 6.92 Å². The Morgan fingerprint density at radius 3 is 2.64 bits per heavy atom. The number of ether oxygens (including phenoxy) is 1. The number of carbonyl (C=O) groups is 1. The number of hydrogen-bond donors (Lipinski definition) is 1. The second kappa shape index (κ2) is 7.64. The van der Waals surface area contributed by atoms with E-state index in [1.807, 2.05) is 31.2 Å². The van der Waals surface area contributed by atoms with Crippen molar-refractivity contribution in [2.24, 2.45) is 0 Å². The molecule has 0 bridgehead atoms. The summed E-state index contributed by atoms with van der Waals surface area (Å²) in [6.07, 6.45) is 0.308. The standard InChI is InChI=1S/C17H22N2O3/c1-12(2)14-4-6-16(7-5-14)21-9-8-17(20)18-11-15-10-13(3)22-19-15/h4-7,10,12H,8-9,11H2,1-3H3,(H,18,20). The zero-order chi connectivity index (χ0) is 15.9. The molecule has 2 rings (SSSR count). The summed E-state index contributed by atoms with van der Waals surface area (Å²) in [5.41, 5.74) is 1.99. The SMILES string of the molecule is Cc1cc(CNC(=O)CCOc2ccc(C(C)C)cc2)no1. The molecule has 0 aliphatic rings. The highest BCUT2D eigenvalue weighted by Crippen LogP contribution is 2.18. The molecular formula is C17H22N2O3. The third-order valence-electron chi connectivity index (χ3n) is 3.29. The molecule has 0 unspecified atom stereocenters. The Bertz CT molecular complexity index is 603. The van der Waals surface area contributed by atoms with E-state index in [0.717, 1.165) is 17.2 Å². The molecule has 0 spiro atoms. The zero-order valence-electron chi connectivity index (χ0n) is 13.3. The monoisotopic (exact) mass is 302 g/mol. The number of hydrogen-bond acceptors (Lipinski definition) is 4. The lowest BCUT2D eigenvalue weighted by Crippen LogP contribution is -2.24. The van der Waals surface area contributed by atoms with Gasteiger partial charge >= 0.3 is 0 Å². The van der Waals surface area contributed by atoms with E-state index in [2.05, 4.69) is 24.3 Å². The summed E-state index contributed by atoms with van der Waals surface area (Å²) < 4.78 is 10.5. The summed E-state index contributed by atoms with van der Waals surface area (Å²) in [4.78, 5) is 11.7. The molecule has 22 heavy (non-hydrogen) atoms. The number of amides is 1. The van der Waals surface area contributed by atoms with Crippen molar-refractivity contribution in [2.45, 2.75) is 39.7 Å². The van der Waals surface area contributed by atoms with Crippen molar-refractivity contribution >= 4 is 5.91 Å². The fourth-order valence-electron chi connectivity index (χ4n) is 1.99. The van der Waals surface area contributed by atoms with Gasteiger partial charge in [0, 0.05) is 6.07 Å². The first-order chi connectivity index (χ1) is 10.5. The van der Waals surface area contributed by atoms with Gasteiger partial charge in [-0.1, -0.05) is 31.1 Å². The lowest BCUT2D eigenvalue weighted by Gasteiger charge is -2.09. The van der Waals surface area contributed by atoms with Gasteiger partial charge in [-0.15, -0.1) is 0 Å². The van der Waals surface area contributed by atoms with Gasteiger partial charge < -0.3 is 14.6 Å². The molecule has 0 saturated heterocycles. The van der Waals surface area contributed by atoms with Gasteiger partial charge in [0.25, 0.3) is 0 Å². The minimum absolute atomic E-state index is 0.0700. The van der Waals surface area contributed by atoms with Crippen LogP contribution in [0.2, 0.25) is 0 Å². The summed E-state index contributed by atoms with van der Waals surface area (Å²) in [5.74, 6) is 1.95. The number of aryl methyl sites for hydroxylation is 1. The van der Waals surface area contributed by atoms with Crippen LogP contribution in [0.4, 0.5) is 0 Å². The summed E-state index contributed by atoms with van der Waals surface area (Å²) in [6.45, 7) is 6.84. The lowest BCUT2D eigenvalue weighted by atomic mass is 10.0. The second-order valence-electron chi connectivity index (χ2n) is 5.53. The van der Waals surface area contributed by atoms with Crippen molar-refractivity contribution in [2.75, 3.05) is 6.61 Å². The van der Waals surface area contributed by atoms with Crippen molar-refractivity contribution in [1.29, 1.82) is 0 Å². The molecule has 1 heterocycles. The fourth-order valence-corrected chi connectivity index (χ4v) is 1.99. The molecule has 1 aromatic heterocycles. The summed E-state index contributed by atoms with van der Waals surface area (Å²) in [7, 11) is 0. The smallest absolute Gasteiger partial charge is 0.223 e. The average molecular weight is 302 g/mol. The Morgan fingerprint density at radius 2 is 2.05 bits per heavy atom. The Labute approximate surface area is 130 Å². The van der Waals surface area contributed by atoms with E-state index in [0.29, 0.717) is 25.5 Å². The molecular weight excluding hydrogens is 280 g/mol. The van der Waals surface area contributed by atoms with Crippen molar-refractivity contribution in [1.82, 2.24) is 10.5 Å². The average Bonchev–Trinajstić information content (AvgIpc) is 2.91. The van der Waals surface area contributed by atoms with E-state index in [-0.39, 0.29) is 5.91 Å². The molecule has 0 radical (unpaired) electrons. The number of nitrogens with one attached hydrogen (secondary N) is 1. The van der Waals surface area contributed by atoms with Gasteiger partial charge in [0.05, 0.1) is 19.6 Å². The quantitative estimate of drug-likeness (QED) is 0.853. The Kier molecular flexibility index (Phi) is 5.58. The normalized spacial score (nSPS) is 10.7. The van der Waals surface area contributed by atoms with Crippen LogP contribution in [-0.2, 0) is 11.3 Å². The summed E-state index contributed by atoms with van der Waals surface area (Å²) in [5, 5.41) is 6.60. The van der Waals surface area contributed by atoms with E-state index in [4.69, 9.17) is 9.26 Å². The van der Waals surface area contributed by atoms with Crippen LogP contribution in [0.5, 0.6) is 5.75 Å². The lowest BCUT2D eigenvalue weighted by molar-refractivity contribution is -0.121. The van der Waals surface area contributed by atoms with E-state index in [9.17, 15) is 4.79 Å². The maximum Gasteiger partial charge on any atom is 0.223 e. The van der Waals surface area contributed by atoms with Crippen molar-refractivity contribution in [3.05, 3.63) is 47.3 Å². The van der Waals surface area contributed by atoms with Crippen molar-refractivity contribution < 1.29 is 14.1 Å². The topological polar surface area (TPSA) is 64.4 Å². The van der Waals surface area contributed by atoms with Gasteiger partial charge in [0.15, 0.2) is 0 Å². The molecule has 1 amide bonds. The van der Waals surface area contributed by atoms with E-state index < -0.39 is 0 Å². The van der Waals surface area contributed by atoms with Crippen LogP contribution >= 0.6 is 0 Å². The second-order valence-corrected chi connectivity index (χ2v) is 5.53. The number of nitrogens with zero attached hydrogens (tertiary/aromatic N) is 1. The van der Waals surface area contributed by atoms with Gasteiger partial charge in [-0.2, -0.15) is 0 Å². The fraction of sp³-hybridized carbons (Fsp3) is 0.412. The Hall–Kier alpha value is -2.30. The first-order valence-electron chi connectivity index (χ1n) is 7.46. The minimum Gasteiger partial charge on any atom is -0.493 e. The number of benzene rings is 1. The van der Waals surface area contributed by atoms with Crippen molar-refractivity contribution in [3.8, 4) is 5.75 Å². The van der Waals surface area contributed by atoms with Crippen LogP contribution in [0.25, 0.3) is 0 Å². The number of rotatable bonds is 7. The molecule has 0 aliphatic heterocycles. The third-order valence-corrected chi connectivity index (χ3v) is 3.29. The van der Waals surface area contributed by atoms with Gasteiger partial charge in [-0.25, -0.2) is 0 Å². The largest absolute Gasteiger partial charge is 0.493 e. The molecule has 1 N–H and O–H groups in total. The van der Waals surface area contributed by atoms with E-state index >= 15 is 0 Å². The Morgan fingerprint density at radius 1 is 1.32 bits per heavy atom. The highest BCUT2D eigenvalue weighted by atomic mass is 16.5. The van der Waals surface area contributed by atoms with E-state index in [1.54, 1.807) is 6.07 Å². The predicted molar refractivity (Wildman–Crippen MR) is 83.7 cm³/mol. The predicted octanol–water partition coefficient (Wildman–Crippen LogP) is 3.19. The number of carbonyl (C=O) groups excluding carboxylic acids is 1. The van der Waals surface area contributed by atoms with Gasteiger partial charge in [0.1, 0.15) is 17.2 Å². The Balaban J connectivity index is 1.68. The zero-order valence-corrected chi connectivity index (χ0v) is 13.3. The van der Waals surface area contributed by atoms with Crippen LogP contribution in [0.3, 0.4) is 0 Å². The molecule has 0 atom stereocenters. The molecule has 1 aromatic carbocycles. The van der Waals surface area contributed by atoms with Gasteiger partial charge in [0.2, 0.25) is 5.91 Å². The molecule has 0 fully saturated rings. The minimum atomic E-state index is -0.0700. The molecule has 2 aromatic rings. The molecule has 0 saturated carbocycles. The van der Waals surface area contributed by atoms with Crippen LogP contribution in [-0.4, -0.2) is 17.7 Å². The van der Waals surface area contributed by atoms with Gasteiger partial charge in [-0.3, -0.25) is 4.79 Å². The van der Waals surface area contributed by atoms with E-state index in [1.165, 1.54) is 5.56 Å². The van der Waals surface area contributed by atoms with Crippen molar-refractivity contribution in [3.63, 3.8) is 0 Å². The molecule has 5 heteroatoms. The summed E-state index contributed by atoms with van der Waals surface area (Å²) >= 11 is 0. The maximum absolute atomic E-state index is 11.7. The highest BCUT2D eigenvalue weighted by molar-refractivity contribution is 5.75. The number of aromatic nitrogens is 1. The summed E-state index contributed by atoms with van der Waals surface area (Å²) in [6, 6.07) is 9.77. The van der Waals surface area contributed by atoms with Crippen LogP contribution < -0.4 is 10.1 Å². The molecule has 0 aliphatic carbocycles. The highest BCUT2D eigenvalue weighted by Gasteiger charge is 2.05. The first kappa shape index (κ1) is 16.1. The molecule has 5 nitrogen and oxygen atoms in total. The van der Waals surface area contributed by atoms with Crippen LogP contribution in [0.15, 0.2) is 34.9 Å². The third kappa shape index (κ3) is 4.91. The van der Waals surface area contributed by atoms with Crippen LogP contribution in [0.1, 0.15) is 43.2 Å². The molecule has 118 valence electrons. The first-order valence-corrected chi connectivity index (χ1v) is 7.46. The van der Waals surface area contributed by atoms with Gasteiger partial charge in [-0.05, 0) is 30.5 Å². The maximum atomic E-state index is 11.7.